The van der Waals surface area contributed by atoms with E-state index in [4.69, 9.17) is 4.74 Å². The Kier molecular flexibility index (Phi) is 10.5. The van der Waals surface area contributed by atoms with Crippen molar-refractivity contribution in [2.24, 2.45) is 4.99 Å². The normalized spacial score (nSPS) is 17.1. The molecular weight excluding hydrogens is 483 g/mol. The van der Waals surface area contributed by atoms with Crippen molar-refractivity contribution in [3.63, 3.8) is 0 Å². The quantitative estimate of drug-likeness (QED) is 0.212. The van der Waals surface area contributed by atoms with Gasteiger partial charge in [-0.25, -0.2) is 18.1 Å². The van der Waals surface area contributed by atoms with E-state index in [0.29, 0.717) is 13.2 Å². The SMILES string of the molecule is CCNC(=NCCOCCS(C)(=O)=O)NC1CCc2nc(CC)nn2C1.I. The monoisotopic (exact) mass is 514 g/mol. The number of hydrogen-bond donors (Lipinski definition) is 2. The summed E-state index contributed by atoms with van der Waals surface area (Å²) in [6.45, 7) is 6.69. The summed E-state index contributed by atoms with van der Waals surface area (Å²) in [7, 11) is -2.98. The van der Waals surface area contributed by atoms with Gasteiger partial charge in [0.05, 0.1) is 32.1 Å². The van der Waals surface area contributed by atoms with Crippen molar-refractivity contribution in [3.8, 4) is 0 Å². The lowest BCUT2D eigenvalue weighted by atomic mass is 10.1. The molecule has 11 heteroatoms. The molecule has 0 saturated carbocycles. The highest BCUT2D eigenvalue weighted by atomic mass is 127. The minimum atomic E-state index is -2.98. The van der Waals surface area contributed by atoms with Crippen LogP contribution in [-0.2, 0) is 34.0 Å². The topological polar surface area (TPSA) is 110 Å². The van der Waals surface area contributed by atoms with E-state index >= 15 is 0 Å². The highest BCUT2D eigenvalue weighted by Gasteiger charge is 2.21. The van der Waals surface area contributed by atoms with Crippen LogP contribution in [0, 0.1) is 0 Å². The Morgan fingerprint density at radius 2 is 2.15 bits per heavy atom. The smallest absolute Gasteiger partial charge is 0.191 e. The maximum atomic E-state index is 11.0. The van der Waals surface area contributed by atoms with Crippen molar-refractivity contribution in [1.82, 2.24) is 25.4 Å². The average Bonchev–Trinajstić information content (AvgIpc) is 2.99. The highest BCUT2D eigenvalue weighted by molar-refractivity contribution is 14.0. The second-order valence-corrected chi connectivity index (χ2v) is 8.62. The van der Waals surface area contributed by atoms with Gasteiger partial charge in [0.2, 0.25) is 0 Å². The van der Waals surface area contributed by atoms with Crippen molar-refractivity contribution in [2.45, 2.75) is 45.7 Å². The van der Waals surface area contributed by atoms with E-state index in [1.54, 1.807) is 0 Å². The van der Waals surface area contributed by atoms with E-state index in [0.717, 1.165) is 50.0 Å². The number of aliphatic imine (C=N–C) groups is 1. The predicted molar refractivity (Wildman–Crippen MR) is 117 cm³/mol. The highest BCUT2D eigenvalue weighted by Crippen LogP contribution is 2.13. The molecule has 0 radical (unpaired) electrons. The number of aromatic nitrogens is 3. The Morgan fingerprint density at radius 1 is 1.37 bits per heavy atom. The molecule has 156 valence electrons. The van der Waals surface area contributed by atoms with Crippen molar-refractivity contribution in [2.75, 3.05) is 38.3 Å². The Balaban J connectivity index is 0.00000364. The Labute approximate surface area is 178 Å². The van der Waals surface area contributed by atoms with E-state index in [1.165, 1.54) is 6.26 Å². The van der Waals surface area contributed by atoms with Gasteiger partial charge >= 0.3 is 0 Å². The molecule has 0 spiro atoms. The Morgan fingerprint density at radius 3 is 2.81 bits per heavy atom. The van der Waals surface area contributed by atoms with Gasteiger partial charge in [-0.3, -0.25) is 4.99 Å². The number of halogens is 1. The second kappa shape index (κ2) is 11.8. The zero-order chi connectivity index (χ0) is 19.0. The molecule has 0 bridgehead atoms. The standard InChI is InChI=1S/C16H30N6O3S.HI/c1-4-14-20-15-7-6-13(12-22(15)21-14)19-16(17-5-2)18-8-9-25-10-11-26(3,23)24;/h13H,4-12H2,1-3H3,(H2,17,18,19);1H. The van der Waals surface area contributed by atoms with E-state index in [9.17, 15) is 8.42 Å². The third-order valence-corrected chi connectivity index (χ3v) is 4.92. The summed E-state index contributed by atoms with van der Waals surface area (Å²) in [5, 5.41) is 11.2. The summed E-state index contributed by atoms with van der Waals surface area (Å²) >= 11 is 0. The van der Waals surface area contributed by atoms with Crippen LogP contribution in [0.2, 0.25) is 0 Å². The van der Waals surface area contributed by atoms with Crippen molar-refractivity contribution >= 4 is 39.8 Å². The number of sulfone groups is 1. The van der Waals surface area contributed by atoms with Gasteiger partial charge in [0.15, 0.2) is 11.8 Å². The Bertz CT molecular complexity index is 707. The molecule has 2 N–H and O–H groups in total. The first-order valence-electron chi connectivity index (χ1n) is 9.14. The number of aryl methyl sites for hydroxylation is 2. The lowest BCUT2D eigenvalue weighted by Gasteiger charge is -2.25. The summed E-state index contributed by atoms with van der Waals surface area (Å²) in [6.07, 6.45) is 3.94. The first-order chi connectivity index (χ1) is 12.4. The molecule has 1 aromatic heterocycles. The molecular formula is C16H31IN6O3S. The maximum Gasteiger partial charge on any atom is 0.191 e. The van der Waals surface area contributed by atoms with Crippen LogP contribution >= 0.6 is 24.0 Å². The van der Waals surface area contributed by atoms with Crippen LogP contribution in [0.3, 0.4) is 0 Å². The summed E-state index contributed by atoms with van der Waals surface area (Å²) in [6, 6.07) is 0.248. The molecule has 27 heavy (non-hydrogen) atoms. The molecule has 1 atom stereocenters. The number of ether oxygens (including phenoxy) is 1. The van der Waals surface area contributed by atoms with Crippen LogP contribution < -0.4 is 10.6 Å². The molecule has 0 fully saturated rings. The number of rotatable bonds is 9. The first-order valence-corrected chi connectivity index (χ1v) is 11.2. The van der Waals surface area contributed by atoms with Gasteiger partial charge < -0.3 is 15.4 Å². The minimum absolute atomic E-state index is 0. The molecule has 1 unspecified atom stereocenters. The first kappa shape index (κ1) is 24.1. The third kappa shape index (κ3) is 8.73. The minimum Gasteiger partial charge on any atom is -0.378 e. The van der Waals surface area contributed by atoms with E-state index in [2.05, 4.69) is 32.6 Å². The largest absolute Gasteiger partial charge is 0.378 e. The Hall–Kier alpha value is -0.950. The fraction of sp³-hybridized carbons (Fsp3) is 0.812. The van der Waals surface area contributed by atoms with Gasteiger partial charge in [0.25, 0.3) is 0 Å². The lowest BCUT2D eigenvalue weighted by molar-refractivity contribution is 0.157. The molecule has 2 rings (SSSR count). The number of nitrogens with zero attached hydrogens (tertiary/aromatic N) is 4. The lowest BCUT2D eigenvalue weighted by Crippen LogP contribution is -2.47. The molecule has 0 aliphatic carbocycles. The predicted octanol–water partition coefficient (Wildman–Crippen LogP) is 0.390. The molecule has 0 amide bonds. The fourth-order valence-corrected chi connectivity index (χ4v) is 3.10. The van der Waals surface area contributed by atoms with Crippen LogP contribution in [0.15, 0.2) is 4.99 Å². The van der Waals surface area contributed by atoms with Gasteiger partial charge in [-0.15, -0.1) is 24.0 Å². The zero-order valence-corrected chi connectivity index (χ0v) is 19.4. The van der Waals surface area contributed by atoms with Gasteiger partial charge in [0, 0.05) is 31.7 Å². The zero-order valence-electron chi connectivity index (χ0n) is 16.3. The molecule has 0 aromatic carbocycles. The van der Waals surface area contributed by atoms with Crippen molar-refractivity contribution in [3.05, 3.63) is 11.6 Å². The summed E-state index contributed by atoms with van der Waals surface area (Å²) in [5.41, 5.74) is 0. The van der Waals surface area contributed by atoms with Gasteiger partial charge in [-0.1, -0.05) is 6.92 Å². The van der Waals surface area contributed by atoms with Crippen LogP contribution in [0.4, 0.5) is 0 Å². The van der Waals surface area contributed by atoms with E-state index in [1.807, 2.05) is 11.6 Å². The molecule has 1 aliphatic rings. The maximum absolute atomic E-state index is 11.0. The number of nitrogens with one attached hydrogen (secondary N) is 2. The molecule has 9 nitrogen and oxygen atoms in total. The second-order valence-electron chi connectivity index (χ2n) is 6.36. The van der Waals surface area contributed by atoms with Gasteiger partial charge in [0.1, 0.15) is 15.7 Å². The van der Waals surface area contributed by atoms with Crippen LogP contribution in [0.25, 0.3) is 0 Å². The van der Waals surface area contributed by atoms with E-state index in [-0.39, 0.29) is 42.4 Å². The number of guanidine groups is 1. The van der Waals surface area contributed by atoms with E-state index < -0.39 is 9.84 Å². The van der Waals surface area contributed by atoms with Gasteiger partial charge in [-0.2, -0.15) is 5.10 Å². The van der Waals surface area contributed by atoms with Gasteiger partial charge in [-0.05, 0) is 13.3 Å². The number of hydrogen-bond acceptors (Lipinski definition) is 6. The van der Waals surface area contributed by atoms with Crippen LogP contribution in [0.5, 0.6) is 0 Å². The summed E-state index contributed by atoms with van der Waals surface area (Å²) in [5.74, 6) is 2.73. The summed E-state index contributed by atoms with van der Waals surface area (Å²) < 4.78 is 29.4. The molecule has 0 saturated heterocycles. The molecule has 1 aromatic rings. The summed E-state index contributed by atoms with van der Waals surface area (Å²) in [4.78, 5) is 9.03. The van der Waals surface area contributed by atoms with Crippen molar-refractivity contribution < 1.29 is 13.2 Å². The van der Waals surface area contributed by atoms with Crippen LogP contribution in [-0.4, -0.2) is 73.5 Å². The molecule has 1 aliphatic heterocycles. The third-order valence-electron chi connectivity index (χ3n) is 4.01. The fourth-order valence-electron chi connectivity index (χ4n) is 2.68. The average molecular weight is 514 g/mol. The number of fused-ring (bicyclic) bond motifs is 1. The molecule has 2 heterocycles. The van der Waals surface area contributed by atoms with Crippen molar-refractivity contribution in [1.29, 1.82) is 0 Å². The van der Waals surface area contributed by atoms with Crippen LogP contribution in [0.1, 0.15) is 31.9 Å².